The van der Waals surface area contributed by atoms with Gasteiger partial charge < -0.3 is 15.0 Å². The summed E-state index contributed by atoms with van der Waals surface area (Å²) in [5.41, 5.74) is 1.28. The molecule has 40 heavy (non-hydrogen) atoms. The summed E-state index contributed by atoms with van der Waals surface area (Å²) in [6, 6.07) is 10.9. The number of aromatic nitrogens is 3. The van der Waals surface area contributed by atoms with E-state index in [1.165, 1.54) is 6.20 Å². The molecule has 0 saturated heterocycles. The van der Waals surface area contributed by atoms with E-state index in [0.29, 0.717) is 30.2 Å². The normalized spacial score (nSPS) is 12.4. The summed E-state index contributed by atoms with van der Waals surface area (Å²) in [5, 5.41) is 3.28. The number of hydrogen-bond acceptors (Lipinski definition) is 6. The van der Waals surface area contributed by atoms with Gasteiger partial charge in [-0.05, 0) is 51.1 Å². The largest absolute Gasteiger partial charge is 0.477 e. The van der Waals surface area contributed by atoms with E-state index in [4.69, 9.17) is 16.3 Å². The minimum absolute atomic E-state index is 0.0237. The van der Waals surface area contributed by atoms with Crippen LogP contribution >= 0.6 is 11.6 Å². The Labute approximate surface area is 241 Å². The first-order valence-corrected chi connectivity index (χ1v) is 13.9. The van der Waals surface area contributed by atoms with Crippen molar-refractivity contribution in [1.82, 2.24) is 19.2 Å². The average molecular weight is 570 g/mol. The van der Waals surface area contributed by atoms with Crippen LogP contribution in [0.3, 0.4) is 0 Å². The van der Waals surface area contributed by atoms with E-state index in [-0.39, 0.29) is 47.6 Å². The molecule has 0 unspecified atom stereocenters. The van der Waals surface area contributed by atoms with Crippen LogP contribution in [0.4, 0.5) is 5.69 Å². The number of para-hydroxylation sites is 1. The number of carbonyl (C=O) groups excluding carboxylic acids is 2. The SMILES string of the molecule is CCOc1ncc(Cl)cc1C(=O)CCC(C)(C)CC(=O)Nc1c([C@H](C)CN(C)C)n(C)n(-c2ccccc2)c1=O. The molecule has 10 heteroatoms. The molecule has 1 amide bonds. The van der Waals surface area contributed by atoms with Gasteiger partial charge in [0, 0.05) is 38.5 Å². The van der Waals surface area contributed by atoms with Crippen molar-refractivity contribution in [3.05, 3.63) is 69.2 Å². The number of ketones is 1. The molecule has 2 aromatic heterocycles. The van der Waals surface area contributed by atoms with Gasteiger partial charge in [-0.3, -0.25) is 19.1 Å². The number of Topliss-reactive ketones (excluding diaryl/α,β-unsaturated/α-hetero) is 1. The number of likely N-dealkylation sites (N-methyl/N-ethyl adjacent to an activating group) is 1. The first-order valence-electron chi connectivity index (χ1n) is 13.5. The summed E-state index contributed by atoms with van der Waals surface area (Å²) in [6.07, 6.45) is 2.22. The molecule has 1 aromatic carbocycles. The minimum atomic E-state index is -0.514. The van der Waals surface area contributed by atoms with Crippen LogP contribution in [0.5, 0.6) is 5.88 Å². The predicted molar refractivity (Wildman–Crippen MR) is 159 cm³/mol. The van der Waals surface area contributed by atoms with Crippen molar-refractivity contribution in [1.29, 1.82) is 0 Å². The zero-order valence-corrected chi connectivity index (χ0v) is 25.2. The second-order valence-electron chi connectivity index (χ2n) is 11.2. The maximum atomic E-state index is 13.6. The number of ether oxygens (including phenoxy) is 1. The lowest BCUT2D eigenvalue weighted by Gasteiger charge is -2.24. The van der Waals surface area contributed by atoms with Crippen LogP contribution in [0.1, 0.15) is 68.9 Å². The van der Waals surface area contributed by atoms with E-state index >= 15 is 0 Å². The van der Waals surface area contributed by atoms with Gasteiger partial charge in [0.15, 0.2) is 5.78 Å². The fourth-order valence-electron chi connectivity index (χ4n) is 4.97. The molecule has 3 aromatic rings. The Morgan fingerprint density at radius 2 is 1.88 bits per heavy atom. The average Bonchev–Trinajstić information content (AvgIpc) is 3.12. The van der Waals surface area contributed by atoms with E-state index in [0.717, 1.165) is 11.4 Å². The first kappa shape index (κ1) is 31.1. The Morgan fingerprint density at radius 1 is 1.20 bits per heavy atom. The van der Waals surface area contributed by atoms with Gasteiger partial charge in [-0.2, -0.15) is 0 Å². The van der Waals surface area contributed by atoms with Crippen molar-refractivity contribution in [2.75, 3.05) is 32.6 Å². The smallest absolute Gasteiger partial charge is 0.295 e. The Morgan fingerprint density at radius 3 is 2.50 bits per heavy atom. The number of nitrogens with zero attached hydrogens (tertiary/aromatic N) is 4. The number of nitrogens with one attached hydrogen (secondary N) is 1. The van der Waals surface area contributed by atoms with Crippen molar-refractivity contribution in [3.63, 3.8) is 0 Å². The van der Waals surface area contributed by atoms with Gasteiger partial charge in [0.25, 0.3) is 5.56 Å². The number of carbonyl (C=O) groups is 2. The second-order valence-corrected chi connectivity index (χ2v) is 11.6. The summed E-state index contributed by atoms with van der Waals surface area (Å²) in [5.74, 6) is -0.200. The number of pyridine rings is 1. The van der Waals surface area contributed by atoms with Crippen molar-refractivity contribution in [2.45, 2.75) is 52.9 Å². The van der Waals surface area contributed by atoms with Crippen LogP contribution in [0.2, 0.25) is 5.02 Å². The zero-order valence-electron chi connectivity index (χ0n) is 24.5. The molecule has 0 aliphatic rings. The number of rotatable bonds is 13. The molecule has 1 N–H and O–H groups in total. The van der Waals surface area contributed by atoms with Crippen LogP contribution in [0, 0.1) is 5.41 Å². The monoisotopic (exact) mass is 569 g/mol. The van der Waals surface area contributed by atoms with Crippen LogP contribution in [0.15, 0.2) is 47.4 Å². The summed E-state index contributed by atoms with van der Waals surface area (Å²) in [7, 11) is 5.78. The molecule has 0 saturated carbocycles. The molecule has 2 heterocycles. The third-order valence-electron chi connectivity index (χ3n) is 6.75. The van der Waals surface area contributed by atoms with Gasteiger partial charge >= 0.3 is 0 Å². The Kier molecular flexibility index (Phi) is 10.3. The highest BCUT2D eigenvalue weighted by Crippen LogP contribution is 2.31. The Bertz CT molecular complexity index is 1400. The first-order chi connectivity index (χ1) is 18.8. The standard InChI is InChI=1S/C30H40ClN5O4/c1-8-40-28-23(16-21(31)18-32-28)24(37)14-15-30(3,4)17-25(38)33-26-27(20(2)19-34(5)6)35(7)36(29(26)39)22-12-10-9-11-13-22/h9-13,16,18,20H,8,14-15,17,19H2,1-7H3,(H,33,38)/t20-/m1/s1. The van der Waals surface area contributed by atoms with Crippen LogP contribution < -0.4 is 15.6 Å². The van der Waals surface area contributed by atoms with Gasteiger partial charge in [0.05, 0.1) is 28.6 Å². The van der Waals surface area contributed by atoms with E-state index in [9.17, 15) is 14.4 Å². The number of hydrogen-bond donors (Lipinski definition) is 1. The lowest BCUT2D eigenvalue weighted by Crippen LogP contribution is -2.27. The molecule has 1 atom stereocenters. The van der Waals surface area contributed by atoms with Crippen molar-refractivity contribution >= 4 is 29.0 Å². The predicted octanol–water partition coefficient (Wildman–Crippen LogP) is 5.31. The summed E-state index contributed by atoms with van der Waals surface area (Å²) >= 11 is 6.07. The minimum Gasteiger partial charge on any atom is -0.477 e. The maximum Gasteiger partial charge on any atom is 0.295 e. The summed E-state index contributed by atoms with van der Waals surface area (Å²) in [6.45, 7) is 8.80. The van der Waals surface area contributed by atoms with Crippen molar-refractivity contribution in [3.8, 4) is 11.6 Å². The third kappa shape index (κ3) is 7.61. The third-order valence-corrected chi connectivity index (χ3v) is 6.96. The molecule has 0 aliphatic carbocycles. The highest BCUT2D eigenvalue weighted by molar-refractivity contribution is 6.30. The molecule has 0 spiro atoms. The van der Waals surface area contributed by atoms with Crippen LogP contribution in [-0.2, 0) is 11.8 Å². The number of benzene rings is 1. The van der Waals surface area contributed by atoms with Gasteiger partial charge in [-0.15, -0.1) is 0 Å². The topological polar surface area (TPSA) is 98.5 Å². The summed E-state index contributed by atoms with van der Waals surface area (Å²) in [4.78, 5) is 46.1. The molecule has 9 nitrogen and oxygen atoms in total. The molecule has 0 fully saturated rings. The molecular weight excluding hydrogens is 530 g/mol. The van der Waals surface area contributed by atoms with Crippen molar-refractivity contribution in [2.24, 2.45) is 12.5 Å². The van der Waals surface area contributed by atoms with Gasteiger partial charge in [-0.1, -0.05) is 50.6 Å². The fourth-order valence-corrected chi connectivity index (χ4v) is 5.13. The van der Waals surface area contributed by atoms with E-state index in [2.05, 4.69) is 10.3 Å². The molecule has 0 aliphatic heterocycles. The van der Waals surface area contributed by atoms with E-state index < -0.39 is 5.41 Å². The number of amides is 1. The zero-order chi connectivity index (χ0) is 29.6. The molecule has 0 bridgehead atoms. The maximum absolute atomic E-state index is 13.6. The van der Waals surface area contributed by atoms with Gasteiger partial charge in [0.1, 0.15) is 5.69 Å². The number of halogens is 1. The van der Waals surface area contributed by atoms with Gasteiger partial charge in [-0.25, -0.2) is 9.67 Å². The highest BCUT2D eigenvalue weighted by atomic mass is 35.5. The quantitative estimate of drug-likeness (QED) is 0.280. The molecular formula is C30H40ClN5O4. The second kappa shape index (κ2) is 13.3. The van der Waals surface area contributed by atoms with Crippen molar-refractivity contribution < 1.29 is 14.3 Å². The van der Waals surface area contributed by atoms with Gasteiger partial charge in [0.2, 0.25) is 11.8 Å². The Hall–Kier alpha value is -3.43. The fraction of sp³-hybridized carbons (Fsp3) is 0.467. The van der Waals surface area contributed by atoms with Crippen LogP contribution in [-0.4, -0.2) is 58.2 Å². The molecule has 0 radical (unpaired) electrons. The lowest BCUT2D eigenvalue weighted by molar-refractivity contribution is -0.118. The van der Waals surface area contributed by atoms with E-state index in [1.54, 1.807) is 10.7 Å². The highest BCUT2D eigenvalue weighted by Gasteiger charge is 2.29. The summed E-state index contributed by atoms with van der Waals surface area (Å²) < 4.78 is 8.89. The van der Waals surface area contributed by atoms with E-state index in [1.807, 2.05) is 88.8 Å². The lowest BCUT2D eigenvalue weighted by atomic mass is 9.83. The Balaban J connectivity index is 1.80. The molecule has 216 valence electrons. The van der Waals surface area contributed by atoms with Crippen LogP contribution in [0.25, 0.3) is 5.69 Å². The number of anilines is 1. The molecule has 3 rings (SSSR count).